The molecule has 0 unspecified atom stereocenters. The number of hydrogen-bond acceptors (Lipinski definition) is 7. The molecule has 8 nitrogen and oxygen atoms in total. The van der Waals surface area contributed by atoms with Gasteiger partial charge in [-0.05, 0) is 18.9 Å². The summed E-state index contributed by atoms with van der Waals surface area (Å²) in [6.07, 6.45) is 7.51. The van der Waals surface area contributed by atoms with Gasteiger partial charge >= 0.3 is 0 Å². The first-order valence-electron chi connectivity index (χ1n) is 7.32. The highest BCUT2D eigenvalue weighted by Gasteiger charge is 2.39. The van der Waals surface area contributed by atoms with E-state index in [1.54, 1.807) is 7.11 Å². The Hall–Kier alpha value is -1.84. The molecule has 0 aliphatic heterocycles. The number of nitrogens with two attached hydrogens (primary N) is 1. The van der Waals surface area contributed by atoms with Crippen molar-refractivity contribution in [3.05, 3.63) is 24.4 Å². The minimum Gasteiger partial charge on any atom is -0.368 e. The molecule has 1 fully saturated rings. The Bertz CT molecular complexity index is 797. The Morgan fingerprint density at radius 1 is 1.26 bits per heavy atom. The number of nitrogens with zero attached hydrogens (tertiary/aromatic N) is 3. The molecule has 23 heavy (non-hydrogen) atoms. The number of primary sulfonamides is 1. The molecular weight excluding hydrogens is 320 g/mol. The molecule has 2 N–H and O–H groups in total. The molecule has 0 atom stereocenters. The fourth-order valence-electron chi connectivity index (χ4n) is 2.85. The Morgan fingerprint density at radius 2 is 2.00 bits per heavy atom. The molecule has 2 heterocycles. The SMILES string of the molecule is COC1(c2nc(-c3cncc(S(N)(=O)=O)c3)no2)CCCCC1. The molecule has 2 aromatic heterocycles. The number of methoxy groups -OCH3 is 1. The van der Waals surface area contributed by atoms with E-state index >= 15 is 0 Å². The van der Waals surface area contributed by atoms with Gasteiger partial charge < -0.3 is 9.26 Å². The maximum absolute atomic E-state index is 11.4. The van der Waals surface area contributed by atoms with Crippen LogP contribution in [0.5, 0.6) is 0 Å². The highest BCUT2D eigenvalue weighted by Crippen LogP contribution is 2.39. The number of rotatable bonds is 4. The number of ether oxygens (including phenoxy) is 1. The van der Waals surface area contributed by atoms with Crippen LogP contribution in [0.2, 0.25) is 0 Å². The van der Waals surface area contributed by atoms with Crippen LogP contribution >= 0.6 is 0 Å². The van der Waals surface area contributed by atoms with Gasteiger partial charge in [-0.2, -0.15) is 4.98 Å². The average molecular weight is 338 g/mol. The molecule has 0 radical (unpaired) electrons. The highest BCUT2D eigenvalue weighted by molar-refractivity contribution is 7.89. The van der Waals surface area contributed by atoms with E-state index in [0.29, 0.717) is 11.5 Å². The van der Waals surface area contributed by atoms with Gasteiger partial charge in [0.25, 0.3) is 5.89 Å². The molecule has 0 bridgehead atoms. The van der Waals surface area contributed by atoms with E-state index in [4.69, 9.17) is 14.4 Å². The molecule has 1 aliphatic carbocycles. The molecule has 0 saturated heterocycles. The van der Waals surface area contributed by atoms with Crippen molar-refractivity contribution in [2.45, 2.75) is 42.6 Å². The Labute approximate surface area is 134 Å². The molecule has 124 valence electrons. The summed E-state index contributed by atoms with van der Waals surface area (Å²) in [5.74, 6) is 0.677. The van der Waals surface area contributed by atoms with Gasteiger partial charge in [0.1, 0.15) is 10.5 Å². The molecule has 9 heteroatoms. The fourth-order valence-corrected chi connectivity index (χ4v) is 3.35. The maximum Gasteiger partial charge on any atom is 0.259 e. The van der Waals surface area contributed by atoms with Gasteiger partial charge in [-0.25, -0.2) is 13.6 Å². The quantitative estimate of drug-likeness (QED) is 0.898. The van der Waals surface area contributed by atoms with Crippen molar-refractivity contribution in [2.75, 3.05) is 7.11 Å². The van der Waals surface area contributed by atoms with Gasteiger partial charge in [-0.15, -0.1) is 0 Å². The summed E-state index contributed by atoms with van der Waals surface area (Å²) < 4.78 is 33.9. The van der Waals surface area contributed by atoms with E-state index in [1.165, 1.54) is 18.5 Å². The second-order valence-corrected chi connectivity index (χ2v) is 7.20. The zero-order valence-electron chi connectivity index (χ0n) is 12.7. The van der Waals surface area contributed by atoms with E-state index < -0.39 is 15.6 Å². The smallest absolute Gasteiger partial charge is 0.259 e. The van der Waals surface area contributed by atoms with E-state index in [0.717, 1.165) is 32.1 Å². The van der Waals surface area contributed by atoms with Gasteiger partial charge in [-0.3, -0.25) is 4.98 Å². The zero-order valence-corrected chi connectivity index (χ0v) is 13.5. The third-order valence-electron chi connectivity index (χ3n) is 4.17. The van der Waals surface area contributed by atoms with Gasteiger partial charge in [0, 0.05) is 25.1 Å². The largest absolute Gasteiger partial charge is 0.368 e. The predicted octanol–water partition coefficient (Wildman–Crippen LogP) is 1.58. The lowest BCUT2D eigenvalue weighted by Gasteiger charge is -2.32. The summed E-state index contributed by atoms with van der Waals surface area (Å²) in [6.45, 7) is 0. The fraction of sp³-hybridized carbons (Fsp3) is 0.500. The van der Waals surface area contributed by atoms with Crippen LogP contribution in [-0.4, -0.2) is 30.7 Å². The maximum atomic E-state index is 11.4. The normalized spacial score (nSPS) is 18.0. The molecular formula is C14H18N4O4S. The van der Waals surface area contributed by atoms with Crippen LogP contribution in [-0.2, 0) is 20.4 Å². The van der Waals surface area contributed by atoms with Crippen molar-refractivity contribution in [1.29, 1.82) is 0 Å². The van der Waals surface area contributed by atoms with Crippen molar-refractivity contribution in [3.8, 4) is 11.4 Å². The van der Waals surface area contributed by atoms with Gasteiger partial charge in [0.2, 0.25) is 15.8 Å². The number of hydrogen-bond donors (Lipinski definition) is 1. The molecule has 1 aliphatic rings. The summed E-state index contributed by atoms with van der Waals surface area (Å²) in [5.41, 5.74) is -0.136. The van der Waals surface area contributed by atoms with E-state index in [9.17, 15) is 8.42 Å². The monoisotopic (exact) mass is 338 g/mol. The van der Waals surface area contributed by atoms with Crippen molar-refractivity contribution >= 4 is 10.0 Å². The second-order valence-electron chi connectivity index (χ2n) is 5.64. The lowest BCUT2D eigenvalue weighted by Crippen LogP contribution is -2.31. The summed E-state index contributed by atoms with van der Waals surface area (Å²) in [4.78, 5) is 8.17. The van der Waals surface area contributed by atoms with Crippen LogP contribution in [0.3, 0.4) is 0 Å². The van der Waals surface area contributed by atoms with Crippen LogP contribution in [0.15, 0.2) is 27.9 Å². The van der Waals surface area contributed by atoms with Crippen LogP contribution in [0, 0.1) is 0 Å². The summed E-state index contributed by atoms with van der Waals surface area (Å²) in [5, 5.41) is 9.05. The number of sulfonamides is 1. The summed E-state index contributed by atoms with van der Waals surface area (Å²) >= 11 is 0. The number of aromatic nitrogens is 3. The van der Waals surface area contributed by atoms with Crippen LogP contribution in [0.25, 0.3) is 11.4 Å². The molecule has 2 aromatic rings. The standard InChI is InChI=1S/C14H18N4O4S/c1-21-14(5-3-2-4-6-14)13-17-12(18-22-13)10-7-11(9-16-8-10)23(15,19)20/h7-9H,2-6H2,1H3,(H2,15,19,20). The van der Waals surface area contributed by atoms with Gasteiger partial charge in [-0.1, -0.05) is 24.4 Å². The van der Waals surface area contributed by atoms with E-state index in [1.807, 2.05) is 0 Å². The molecule has 0 aromatic carbocycles. The molecule has 3 rings (SSSR count). The van der Waals surface area contributed by atoms with Crippen LogP contribution in [0.1, 0.15) is 38.0 Å². The van der Waals surface area contributed by atoms with Crippen LogP contribution in [0.4, 0.5) is 0 Å². The topological polar surface area (TPSA) is 121 Å². The van der Waals surface area contributed by atoms with Gasteiger partial charge in [0.05, 0.1) is 0 Å². The summed E-state index contributed by atoms with van der Waals surface area (Å²) in [6, 6.07) is 1.37. The van der Waals surface area contributed by atoms with E-state index in [-0.39, 0.29) is 10.7 Å². The van der Waals surface area contributed by atoms with Crippen molar-refractivity contribution in [2.24, 2.45) is 5.14 Å². The minimum absolute atomic E-state index is 0.0968. The minimum atomic E-state index is -3.84. The van der Waals surface area contributed by atoms with Gasteiger partial charge in [0.15, 0.2) is 0 Å². The molecule has 0 spiro atoms. The molecule has 0 amide bonds. The van der Waals surface area contributed by atoms with Crippen molar-refractivity contribution in [1.82, 2.24) is 15.1 Å². The van der Waals surface area contributed by atoms with Crippen molar-refractivity contribution < 1.29 is 17.7 Å². The predicted molar refractivity (Wildman–Crippen MR) is 80.7 cm³/mol. The number of pyridine rings is 1. The molecule has 1 saturated carbocycles. The Morgan fingerprint density at radius 3 is 2.65 bits per heavy atom. The van der Waals surface area contributed by atoms with E-state index in [2.05, 4.69) is 15.1 Å². The first-order chi connectivity index (χ1) is 10.9. The van der Waals surface area contributed by atoms with Crippen molar-refractivity contribution in [3.63, 3.8) is 0 Å². The first kappa shape index (κ1) is 16.0. The third kappa shape index (κ3) is 3.12. The highest BCUT2D eigenvalue weighted by atomic mass is 32.2. The lowest BCUT2D eigenvalue weighted by molar-refractivity contribution is -0.0672. The first-order valence-corrected chi connectivity index (χ1v) is 8.87. The van der Waals surface area contributed by atoms with Crippen LogP contribution < -0.4 is 5.14 Å². The second kappa shape index (κ2) is 5.99. The average Bonchev–Trinajstić information content (AvgIpc) is 3.05. The Balaban J connectivity index is 1.96. The zero-order chi connectivity index (χ0) is 16.5. The third-order valence-corrected chi connectivity index (χ3v) is 5.05. The summed E-state index contributed by atoms with van der Waals surface area (Å²) in [7, 11) is -2.20. The Kier molecular flexibility index (Phi) is 4.17. The lowest BCUT2D eigenvalue weighted by atomic mass is 9.84.